The minimum Gasteiger partial charge on any atom is -0.493 e. The number of fused-ring (bicyclic) bond motifs is 3. The van der Waals surface area contributed by atoms with Gasteiger partial charge in [-0.1, -0.05) is 54.2 Å². The van der Waals surface area contributed by atoms with E-state index in [1.807, 2.05) is 54.6 Å². The maximum atomic E-state index is 14.0. The van der Waals surface area contributed by atoms with Crippen LogP contribution in [0, 0.1) is 17.2 Å². The molecule has 0 spiro atoms. The second-order valence-electron chi connectivity index (χ2n) is 9.37. The molecule has 0 atom stereocenters. The van der Waals surface area contributed by atoms with E-state index in [0.717, 1.165) is 15.8 Å². The summed E-state index contributed by atoms with van der Waals surface area (Å²) in [6.45, 7) is 0.658. The summed E-state index contributed by atoms with van der Waals surface area (Å²) >= 11 is 1.48. The third kappa shape index (κ3) is 4.33. The van der Waals surface area contributed by atoms with Gasteiger partial charge < -0.3 is 9.47 Å². The zero-order valence-corrected chi connectivity index (χ0v) is 21.7. The van der Waals surface area contributed by atoms with Crippen LogP contribution < -0.4 is 15.0 Å². The molecule has 0 aliphatic heterocycles. The number of hydrogen-bond donors (Lipinski definition) is 0. The van der Waals surface area contributed by atoms with Crippen molar-refractivity contribution in [3.63, 3.8) is 0 Å². The van der Waals surface area contributed by atoms with Gasteiger partial charge in [0.25, 0.3) is 5.56 Å². The predicted octanol–water partition coefficient (Wildman–Crippen LogP) is 6.81. The molecule has 1 aliphatic carbocycles. The minimum absolute atomic E-state index is 0.149. The SMILES string of the molecule is COc1cccc(/C=C/c2nc3sc4ccccc4n3c(=O)c2-c2ccc(C#N)cc2)c1OCC1CCC1. The Morgan fingerprint density at radius 1 is 1.08 bits per heavy atom. The second kappa shape index (κ2) is 10.2. The van der Waals surface area contributed by atoms with Crippen molar-refractivity contribution in [3.8, 4) is 28.7 Å². The van der Waals surface area contributed by atoms with Gasteiger partial charge in [0.1, 0.15) is 0 Å². The van der Waals surface area contributed by atoms with E-state index in [2.05, 4.69) is 6.07 Å². The molecule has 0 radical (unpaired) electrons. The lowest BCUT2D eigenvalue weighted by atomic mass is 9.86. The zero-order chi connectivity index (χ0) is 26.1. The average molecular weight is 520 g/mol. The maximum absolute atomic E-state index is 14.0. The molecular weight excluding hydrogens is 494 g/mol. The van der Waals surface area contributed by atoms with Crippen LogP contribution in [0.15, 0.2) is 71.5 Å². The molecule has 6 rings (SSSR count). The van der Waals surface area contributed by atoms with E-state index in [-0.39, 0.29) is 5.56 Å². The smallest absolute Gasteiger partial charge is 0.267 e. The molecule has 0 saturated heterocycles. The van der Waals surface area contributed by atoms with E-state index in [4.69, 9.17) is 14.5 Å². The van der Waals surface area contributed by atoms with Crippen LogP contribution in [-0.2, 0) is 0 Å². The summed E-state index contributed by atoms with van der Waals surface area (Å²) in [5.41, 5.74) is 3.81. The number of para-hydroxylation sites is 2. The molecule has 0 unspecified atom stereocenters. The average Bonchev–Trinajstić information content (AvgIpc) is 3.30. The molecule has 1 fully saturated rings. The van der Waals surface area contributed by atoms with Gasteiger partial charge in [-0.15, -0.1) is 0 Å². The van der Waals surface area contributed by atoms with Gasteiger partial charge in [0.2, 0.25) is 0 Å². The van der Waals surface area contributed by atoms with Crippen molar-refractivity contribution in [2.24, 2.45) is 5.92 Å². The fraction of sp³-hybridized carbons (Fsp3) is 0.194. The van der Waals surface area contributed by atoms with Crippen molar-refractivity contribution in [3.05, 3.63) is 93.9 Å². The number of hydrogen-bond acceptors (Lipinski definition) is 6. The largest absolute Gasteiger partial charge is 0.493 e. The molecule has 5 aromatic rings. The lowest BCUT2D eigenvalue weighted by molar-refractivity contribution is 0.175. The van der Waals surface area contributed by atoms with Crippen LogP contribution >= 0.6 is 11.3 Å². The van der Waals surface area contributed by atoms with E-state index in [0.29, 0.717) is 51.4 Å². The second-order valence-corrected chi connectivity index (χ2v) is 10.4. The molecule has 0 N–H and O–H groups in total. The molecule has 2 aromatic heterocycles. The Morgan fingerprint density at radius 2 is 1.89 bits per heavy atom. The number of benzene rings is 3. The lowest BCUT2D eigenvalue weighted by Gasteiger charge is -2.26. The van der Waals surface area contributed by atoms with Crippen molar-refractivity contribution in [1.82, 2.24) is 9.38 Å². The molecule has 38 heavy (non-hydrogen) atoms. The van der Waals surface area contributed by atoms with Gasteiger partial charge in [0.15, 0.2) is 16.5 Å². The quantitative estimate of drug-likeness (QED) is 0.236. The van der Waals surface area contributed by atoms with Gasteiger partial charge in [0, 0.05) is 5.56 Å². The summed E-state index contributed by atoms with van der Waals surface area (Å²) in [5.74, 6) is 1.95. The summed E-state index contributed by atoms with van der Waals surface area (Å²) in [4.78, 5) is 19.5. The Hall–Kier alpha value is -4.41. The summed E-state index contributed by atoms with van der Waals surface area (Å²) in [7, 11) is 1.64. The predicted molar refractivity (Wildman–Crippen MR) is 152 cm³/mol. The van der Waals surface area contributed by atoms with Crippen molar-refractivity contribution >= 4 is 38.7 Å². The number of nitriles is 1. The number of nitrogens with zero attached hydrogens (tertiary/aromatic N) is 3. The molecule has 6 nitrogen and oxygen atoms in total. The van der Waals surface area contributed by atoms with E-state index >= 15 is 0 Å². The molecule has 0 bridgehead atoms. The van der Waals surface area contributed by atoms with E-state index in [9.17, 15) is 10.1 Å². The Morgan fingerprint density at radius 3 is 2.63 bits per heavy atom. The number of ether oxygens (including phenoxy) is 2. The summed E-state index contributed by atoms with van der Waals surface area (Å²) in [6, 6.07) is 22.8. The topological polar surface area (TPSA) is 76.6 Å². The number of thiazole rings is 1. The van der Waals surface area contributed by atoms with Crippen LogP contribution in [0.2, 0.25) is 0 Å². The lowest BCUT2D eigenvalue weighted by Crippen LogP contribution is -2.19. The fourth-order valence-electron chi connectivity index (χ4n) is 4.74. The third-order valence-electron chi connectivity index (χ3n) is 7.03. The molecule has 1 saturated carbocycles. The number of rotatable bonds is 7. The van der Waals surface area contributed by atoms with Crippen molar-refractivity contribution in [2.45, 2.75) is 19.3 Å². The number of methoxy groups -OCH3 is 1. The Kier molecular flexibility index (Phi) is 6.40. The Labute approximate surface area is 224 Å². The maximum Gasteiger partial charge on any atom is 0.267 e. The minimum atomic E-state index is -0.149. The first-order valence-corrected chi connectivity index (χ1v) is 13.4. The Balaban J connectivity index is 1.50. The van der Waals surface area contributed by atoms with E-state index < -0.39 is 0 Å². The van der Waals surface area contributed by atoms with E-state index in [1.54, 1.807) is 35.8 Å². The molecule has 2 heterocycles. The van der Waals surface area contributed by atoms with Gasteiger partial charge >= 0.3 is 0 Å². The van der Waals surface area contributed by atoms with Crippen molar-refractivity contribution in [2.75, 3.05) is 13.7 Å². The third-order valence-corrected chi connectivity index (χ3v) is 8.05. The van der Waals surface area contributed by atoms with Crippen LogP contribution in [-0.4, -0.2) is 23.1 Å². The van der Waals surface area contributed by atoms with Crippen molar-refractivity contribution < 1.29 is 9.47 Å². The molecule has 1 aliphatic rings. The molecular formula is C31H25N3O3S. The highest BCUT2D eigenvalue weighted by molar-refractivity contribution is 7.23. The van der Waals surface area contributed by atoms with Gasteiger partial charge in [-0.2, -0.15) is 5.26 Å². The first-order chi connectivity index (χ1) is 18.7. The summed E-state index contributed by atoms with van der Waals surface area (Å²) < 4.78 is 14.5. The van der Waals surface area contributed by atoms with Crippen LogP contribution in [0.4, 0.5) is 0 Å². The number of aromatic nitrogens is 2. The molecule has 0 amide bonds. The standard InChI is InChI=1S/C31H25N3O3S/c1-36-26-10-5-8-23(29(26)37-19-21-6-4-7-21)16-17-24-28(22-14-12-20(18-32)13-15-22)30(35)34-25-9-2-3-11-27(25)38-31(34)33-24/h2-3,5,8-17,21H,4,6-7,19H2,1H3/b17-16+. The van der Waals surface area contributed by atoms with Crippen LogP contribution in [0.1, 0.15) is 36.1 Å². The van der Waals surface area contributed by atoms with Gasteiger partial charge in [0.05, 0.1) is 46.8 Å². The van der Waals surface area contributed by atoms with E-state index in [1.165, 1.54) is 30.6 Å². The highest BCUT2D eigenvalue weighted by Crippen LogP contribution is 2.35. The van der Waals surface area contributed by atoms with Crippen molar-refractivity contribution in [1.29, 1.82) is 5.26 Å². The summed E-state index contributed by atoms with van der Waals surface area (Å²) in [6.07, 6.45) is 7.43. The molecule has 188 valence electrons. The fourth-order valence-corrected chi connectivity index (χ4v) is 5.76. The monoisotopic (exact) mass is 519 g/mol. The first kappa shape index (κ1) is 24.0. The molecule has 7 heteroatoms. The van der Waals surface area contributed by atoms with Gasteiger partial charge in [-0.05, 0) is 66.8 Å². The van der Waals surface area contributed by atoms with Crippen LogP contribution in [0.3, 0.4) is 0 Å². The normalized spacial score (nSPS) is 13.6. The van der Waals surface area contributed by atoms with Gasteiger partial charge in [-0.3, -0.25) is 9.20 Å². The van der Waals surface area contributed by atoms with Gasteiger partial charge in [-0.25, -0.2) is 4.98 Å². The molecule has 3 aromatic carbocycles. The first-order valence-electron chi connectivity index (χ1n) is 12.6. The Bertz CT molecular complexity index is 1770. The highest BCUT2D eigenvalue weighted by Gasteiger charge is 2.20. The van der Waals surface area contributed by atoms with Crippen LogP contribution in [0.5, 0.6) is 11.5 Å². The summed E-state index contributed by atoms with van der Waals surface area (Å²) in [5, 5.41) is 9.26. The van der Waals surface area contributed by atoms with Crippen LogP contribution in [0.25, 0.3) is 38.5 Å². The zero-order valence-electron chi connectivity index (χ0n) is 20.9. The highest BCUT2D eigenvalue weighted by atomic mass is 32.1.